The zero-order valence-corrected chi connectivity index (χ0v) is 18.3. The molecule has 0 saturated heterocycles. The van der Waals surface area contributed by atoms with E-state index in [-0.39, 0.29) is 19.0 Å². The minimum absolute atomic E-state index is 0.225. The van der Waals surface area contributed by atoms with Crippen molar-refractivity contribution in [2.24, 2.45) is 0 Å². The molecule has 3 rings (SSSR count). The van der Waals surface area contributed by atoms with Crippen molar-refractivity contribution in [3.8, 4) is 11.5 Å². The lowest BCUT2D eigenvalue weighted by atomic mass is 9.84. The van der Waals surface area contributed by atoms with Crippen LogP contribution in [0, 0.1) is 0 Å². The van der Waals surface area contributed by atoms with Gasteiger partial charge in [0.1, 0.15) is 0 Å². The van der Waals surface area contributed by atoms with Gasteiger partial charge in [-0.2, -0.15) is 0 Å². The van der Waals surface area contributed by atoms with Gasteiger partial charge < -0.3 is 14.2 Å². The molecule has 2 aromatic carbocycles. The first-order valence-electron chi connectivity index (χ1n) is 10.8. The van der Waals surface area contributed by atoms with E-state index in [4.69, 9.17) is 14.2 Å². The predicted molar refractivity (Wildman–Crippen MR) is 121 cm³/mol. The highest BCUT2D eigenvalue weighted by atomic mass is 16.6. The maximum Gasteiger partial charge on any atom is 0.344 e. The predicted octanol–water partition coefficient (Wildman–Crippen LogP) is 5.58. The number of carbonyl (C=O) groups is 2. The van der Waals surface area contributed by atoms with Gasteiger partial charge in [0.05, 0.1) is 7.11 Å². The maximum atomic E-state index is 12.4. The molecule has 5 heteroatoms. The summed E-state index contributed by atoms with van der Waals surface area (Å²) < 4.78 is 15.9. The van der Waals surface area contributed by atoms with Crippen LogP contribution in [0.5, 0.6) is 11.5 Å². The highest BCUT2D eigenvalue weighted by Crippen LogP contribution is 2.32. The monoisotopic (exact) mass is 422 g/mol. The molecule has 0 spiro atoms. The van der Waals surface area contributed by atoms with E-state index in [2.05, 4.69) is 0 Å². The Bertz CT molecular complexity index is 908. The van der Waals surface area contributed by atoms with Crippen molar-refractivity contribution in [3.05, 3.63) is 65.2 Å². The lowest BCUT2D eigenvalue weighted by Gasteiger charge is -2.22. The van der Waals surface area contributed by atoms with Gasteiger partial charge in [-0.15, -0.1) is 0 Å². The number of carbonyl (C=O) groups excluding carboxylic acids is 2. The molecule has 0 amide bonds. The number of methoxy groups -OCH3 is 1. The highest BCUT2D eigenvalue weighted by Gasteiger charge is 2.17. The van der Waals surface area contributed by atoms with Crippen LogP contribution in [-0.2, 0) is 9.53 Å². The summed E-state index contributed by atoms with van der Waals surface area (Å²) in [6, 6.07) is 13.1. The maximum absolute atomic E-state index is 12.4. The number of ether oxygens (including phenoxy) is 3. The summed E-state index contributed by atoms with van der Waals surface area (Å²) in [7, 11) is 1.54. The summed E-state index contributed by atoms with van der Waals surface area (Å²) >= 11 is 0. The fourth-order valence-electron chi connectivity index (χ4n) is 3.88. The van der Waals surface area contributed by atoms with Crippen molar-refractivity contribution in [3.63, 3.8) is 0 Å². The molecule has 0 unspecified atom stereocenters. The van der Waals surface area contributed by atoms with E-state index < -0.39 is 5.97 Å². The van der Waals surface area contributed by atoms with Crippen LogP contribution in [-0.4, -0.2) is 32.1 Å². The van der Waals surface area contributed by atoms with Crippen LogP contribution in [0.1, 0.15) is 66.4 Å². The molecule has 0 radical (unpaired) electrons. The van der Waals surface area contributed by atoms with Gasteiger partial charge in [-0.1, -0.05) is 61.7 Å². The Labute approximate surface area is 184 Å². The number of allylic oxidation sites excluding steroid dienone is 1. The molecule has 0 aliphatic heterocycles. The molecule has 0 atom stereocenters. The Kier molecular flexibility index (Phi) is 8.27. The summed E-state index contributed by atoms with van der Waals surface area (Å²) in [6.07, 6.45) is 10.2. The van der Waals surface area contributed by atoms with E-state index in [0.717, 1.165) is 5.56 Å². The fourth-order valence-corrected chi connectivity index (χ4v) is 3.88. The molecular formula is C26H30O5. The van der Waals surface area contributed by atoms with Gasteiger partial charge in [-0.05, 0) is 48.9 Å². The number of benzene rings is 2. The summed E-state index contributed by atoms with van der Waals surface area (Å²) in [5, 5.41) is 0. The average Bonchev–Trinajstić information content (AvgIpc) is 2.82. The Morgan fingerprint density at radius 2 is 1.71 bits per heavy atom. The Morgan fingerprint density at radius 3 is 2.39 bits per heavy atom. The van der Waals surface area contributed by atoms with E-state index in [9.17, 15) is 9.59 Å². The molecule has 0 aromatic heterocycles. The average molecular weight is 423 g/mol. The molecule has 1 aliphatic carbocycles. The second-order valence-electron chi connectivity index (χ2n) is 7.74. The van der Waals surface area contributed by atoms with Gasteiger partial charge in [0.15, 0.2) is 30.5 Å². The lowest BCUT2D eigenvalue weighted by molar-refractivity contribution is -0.144. The first-order valence-corrected chi connectivity index (χ1v) is 10.8. The molecular weight excluding hydrogens is 392 g/mol. The van der Waals surface area contributed by atoms with Gasteiger partial charge >= 0.3 is 5.97 Å². The van der Waals surface area contributed by atoms with Crippen molar-refractivity contribution >= 4 is 17.8 Å². The Morgan fingerprint density at radius 1 is 0.968 bits per heavy atom. The zero-order chi connectivity index (χ0) is 22.1. The fraction of sp³-hybridized carbons (Fsp3) is 0.385. The molecule has 0 bridgehead atoms. The van der Waals surface area contributed by atoms with E-state index in [1.807, 2.05) is 55.5 Å². The quantitative estimate of drug-likeness (QED) is 0.390. The molecule has 5 nitrogen and oxygen atoms in total. The molecule has 1 fully saturated rings. The normalized spacial score (nSPS) is 14.4. The minimum atomic E-state index is -0.605. The number of esters is 1. The lowest BCUT2D eigenvalue weighted by Crippen LogP contribution is -2.19. The van der Waals surface area contributed by atoms with Gasteiger partial charge in [0.2, 0.25) is 0 Å². The summed E-state index contributed by atoms with van der Waals surface area (Å²) in [5.74, 6) is 0.732. The van der Waals surface area contributed by atoms with E-state index in [0.29, 0.717) is 23.0 Å². The van der Waals surface area contributed by atoms with Crippen molar-refractivity contribution in [2.75, 3.05) is 20.3 Å². The molecule has 0 heterocycles. The van der Waals surface area contributed by atoms with Crippen LogP contribution in [0.3, 0.4) is 0 Å². The van der Waals surface area contributed by atoms with Crippen LogP contribution in [0.15, 0.2) is 48.5 Å². The van der Waals surface area contributed by atoms with Gasteiger partial charge in [0, 0.05) is 5.56 Å². The number of hydrogen-bond donors (Lipinski definition) is 0. The first kappa shape index (κ1) is 22.6. The van der Waals surface area contributed by atoms with Crippen molar-refractivity contribution in [1.29, 1.82) is 0 Å². The standard InChI is InChI=1S/C26H30O5/c1-3-7-19-10-15-24(25(16-19)29-2)30-18-26(28)31-17-23(27)22-13-11-21(12-14-22)20-8-5-4-6-9-20/h3,7,10-16,20H,4-6,8-9,17-18H2,1-2H3. The summed E-state index contributed by atoms with van der Waals surface area (Å²) in [6.45, 7) is 1.33. The molecule has 0 N–H and O–H groups in total. The molecule has 31 heavy (non-hydrogen) atoms. The van der Waals surface area contributed by atoms with E-state index in [1.54, 1.807) is 6.07 Å². The second kappa shape index (κ2) is 11.3. The Balaban J connectivity index is 1.47. The Hall–Kier alpha value is -3.08. The van der Waals surface area contributed by atoms with Crippen molar-refractivity contribution in [2.45, 2.75) is 44.9 Å². The third kappa shape index (κ3) is 6.45. The number of rotatable bonds is 9. The van der Waals surface area contributed by atoms with Gasteiger partial charge in [-0.25, -0.2) is 4.79 Å². The first-order chi connectivity index (χ1) is 15.1. The molecule has 1 saturated carbocycles. The third-order valence-electron chi connectivity index (χ3n) is 5.57. The number of ketones is 1. The van der Waals surface area contributed by atoms with E-state index >= 15 is 0 Å². The summed E-state index contributed by atoms with van der Waals surface area (Å²) in [5.41, 5.74) is 2.81. The van der Waals surface area contributed by atoms with E-state index in [1.165, 1.54) is 44.8 Å². The smallest absolute Gasteiger partial charge is 0.344 e. The van der Waals surface area contributed by atoms with Crippen molar-refractivity contribution < 1.29 is 23.8 Å². The number of Topliss-reactive ketones (excluding diaryl/α,β-unsaturated/α-hetero) is 1. The van der Waals surface area contributed by atoms with Crippen LogP contribution in [0.25, 0.3) is 6.08 Å². The van der Waals surface area contributed by atoms with Crippen LogP contribution < -0.4 is 9.47 Å². The van der Waals surface area contributed by atoms with Crippen molar-refractivity contribution in [1.82, 2.24) is 0 Å². The van der Waals surface area contributed by atoms with Crippen LogP contribution in [0.4, 0.5) is 0 Å². The minimum Gasteiger partial charge on any atom is -0.493 e. The van der Waals surface area contributed by atoms with Crippen LogP contribution >= 0.6 is 0 Å². The van der Waals surface area contributed by atoms with Gasteiger partial charge in [0.25, 0.3) is 0 Å². The SMILES string of the molecule is CC=Cc1ccc(OCC(=O)OCC(=O)c2ccc(C3CCCCC3)cc2)c(OC)c1. The summed E-state index contributed by atoms with van der Waals surface area (Å²) in [4.78, 5) is 24.4. The second-order valence-corrected chi connectivity index (χ2v) is 7.74. The largest absolute Gasteiger partial charge is 0.493 e. The number of hydrogen-bond acceptors (Lipinski definition) is 5. The third-order valence-corrected chi connectivity index (χ3v) is 5.57. The van der Waals surface area contributed by atoms with Crippen LogP contribution in [0.2, 0.25) is 0 Å². The highest BCUT2D eigenvalue weighted by molar-refractivity contribution is 5.98. The topological polar surface area (TPSA) is 61.8 Å². The molecule has 1 aliphatic rings. The zero-order valence-electron chi connectivity index (χ0n) is 18.3. The molecule has 164 valence electrons. The van der Waals surface area contributed by atoms with Gasteiger partial charge in [-0.3, -0.25) is 4.79 Å². The molecule has 2 aromatic rings.